The molecule has 0 radical (unpaired) electrons. The molecule has 5 nitrogen and oxygen atoms in total. The number of rotatable bonds is 3. The second-order valence-electron chi connectivity index (χ2n) is 4.33. The molecular weight excluding hydrogens is 208 g/mol. The molecule has 5 heteroatoms. The van der Waals surface area contributed by atoms with E-state index in [1.54, 1.807) is 12.1 Å². The van der Waals surface area contributed by atoms with Gasteiger partial charge in [-0.25, -0.2) is 0 Å². The van der Waals surface area contributed by atoms with Crippen LogP contribution in [0.15, 0.2) is 24.3 Å². The van der Waals surface area contributed by atoms with Crippen LogP contribution >= 0.6 is 0 Å². The average Bonchev–Trinajstić information content (AvgIpc) is 2.87. The molecule has 0 amide bonds. The van der Waals surface area contributed by atoms with Crippen molar-refractivity contribution in [3.63, 3.8) is 0 Å². The van der Waals surface area contributed by atoms with E-state index in [0.29, 0.717) is 12.2 Å². The molecule has 2 aliphatic heterocycles. The Morgan fingerprint density at radius 1 is 1.31 bits per heavy atom. The van der Waals surface area contributed by atoms with Gasteiger partial charge in [-0.1, -0.05) is 12.1 Å². The first-order chi connectivity index (χ1) is 7.72. The third-order valence-electron chi connectivity index (χ3n) is 3.12. The minimum absolute atomic E-state index is 0.149. The van der Waals surface area contributed by atoms with Crippen molar-refractivity contribution in [1.29, 1.82) is 0 Å². The summed E-state index contributed by atoms with van der Waals surface area (Å²) in [5, 5.41) is 10.5. The highest BCUT2D eigenvalue weighted by Crippen LogP contribution is 2.31. The second kappa shape index (κ2) is 3.54. The number of non-ortho nitro benzene ring substituents is 1. The number of benzene rings is 1. The van der Waals surface area contributed by atoms with E-state index in [-0.39, 0.29) is 10.6 Å². The van der Waals surface area contributed by atoms with Gasteiger partial charge in [-0.2, -0.15) is 0 Å². The van der Waals surface area contributed by atoms with E-state index >= 15 is 0 Å². The van der Waals surface area contributed by atoms with Gasteiger partial charge in [0.25, 0.3) is 5.69 Å². The minimum Gasteiger partial charge on any atom is -0.367 e. The Balaban J connectivity index is 1.64. The summed E-state index contributed by atoms with van der Waals surface area (Å²) >= 11 is 0. The van der Waals surface area contributed by atoms with Crippen LogP contribution in [0.3, 0.4) is 0 Å². The maximum atomic E-state index is 10.5. The van der Waals surface area contributed by atoms with Crippen LogP contribution in [0.1, 0.15) is 5.56 Å². The Morgan fingerprint density at radius 3 is 2.50 bits per heavy atom. The Bertz CT molecular complexity index is 408. The molecule has 0 aromatic heterocycles. The van der Waals surface area contributed by atoms with Crippen LogP contribution in [0.25, 0.3) is 0 Å². The number of morpholine rings is 1. The molecule has 16 heavy (non-hydrogen) atoms. The molecule has 1 aromatic carbocycles. The van der Waals surface area contributed by atoms with Crippen LogP contribution in [0, 0.1) is 10.1 Å². The minimum atomic E-state index is -0.372. The zero-order chi connectivity index (χ0) is 11.1. The van der Waals surface area contributed by atoms with E-state index in [1.807, 2.05) is 12.1 Å². The topological polar surface area (TPSA) is 58.9 Å². The van der Waals surface area contributed by atoms with Crippen LogP contribution in [0.2, 0.25) is 0 Å². The first kappa shape index (κ1) is 9.74. The maximum absolute atomic E-state index is 10.5. The number of nitro benzene ring substituents is 1. The summed E-state index contributed by atoms with van der Waals surface area (Å²) in [6.07, 6.45) is 0.885. The van der Waals surface area contributed by atoms with Gasteiger partial charge in [-0.05, 0) is 5.56 Å². The molecule has 0 aliphatic carbocycles. The molecule has 0 bridgehead atoms. The van der Waals surface area contributed by atoms with Gasteiger partial charge in [-0.15, -0.1) is 0 Å². The first-order valence-corrected chi connectivity index (χ1v) is 5.33. The summed E-state index contributed by atoms with van der Waals surface area (Å²) in [5.41, 5.74) is 1.27. The van der Waals surface area contributed by atoms with Gasteiger partial charge < -0.3 is 4.74 Å². The van der Waals surface area contributed by atoms with Gasteiger partial charge >= 0.3 is 0 Å². The summed E-state index contributed by atoms with van der Waals surface area (Å²) in [5.74, 6) is 0. The molecule has 2 aliphatic rings. The number of nitro groups is 1. The summed E-state index contributed by atoms with van der Waals surface area (Å²) in [7, 11) is 0. The monoisotopic (exact) mass is 220 g/mol. The lowest BCUT2D eigenvalue weighted by atomic mass is 10.2. The smallest absolute Gasteiger partial charge is 0.269 e. The first-order valence-electron chi connectivity index (χ1n) is 5.33. The van der Waals surface area contributed by atoms with Gasteiger partial charge in [0.2, 0.25) is 0 Å². The van der Waals surface area contributed by atoms with Gasteiger partial charge in [0.1, 0.15) is 0 Å². The third-order valence-corrected chi connectivity index (χ3v) is 3.12. The third kappa shape index (κ3) is 1.79. The van der Waals surface area contributed by atoms with E-state index in [4.69, 9.17) is 4.74 Å². The van der Waals surface area contributed by atoms with Crippen molar-refractivity contribution in [1.82, 2.24) is 4.90 Å². The molecule has 2 atom stereocenters. The van der Waals surface area contributed by atoms with Crippen molar-refractivity contribution in [3.05, 3.63) is 39.9 Å². The van der Waals surface area contributed by atoms with E-state index in [0.717, 1.165) is 25.2 Å². The molecule has 2 unspecified atom stereocenters. The van der Waals surface area contributed by atoms with Gasteiger partial charge in [0.05, 0.1) is 17.1 Å². The van der Waals surface area contributed by atoms with Gasteiger partial charge in [0, 0.05) is 31.8 Å². The molecule has 2 heterocycles. The lowest BCUT2D eigenvalue weighted by molar-refractivity contribution is -0.384. The number of ether oxygens (including phenoxy) is 1. The summed E-state index contributed by atoms with van der Waals surface area (Å²) < 4.78 is 5.34. The van der Waals surface area contributed by atoms with Crippen molar-refractivity contribution in [2.75, 3.05) is 13.1 Å². The van der Waals surface area contributed by atoms with Gasteiger partial charge in [-0.3, -0.25) is 15.0 Å². The summed E-state index contributed by atoms with van der Waals surface area (Å²) in [4.78, 5) is 12.4. The Labute approximate surface area is 92.8 Å². The number of likely N-dealkylation sites (tertiary alicyclic amines) is 1. The Kier molecular flexibility index (Phi) is 2.15. The maximum Gasteiger partial charge on any atom is 0.269 e. The zero-order valence-electron chi connectivity index (χ0n) is 8.70. The molecule has 84 valence electrons. The normalized spacial score (nSPS) is 27.8. The molecule has 2 fully saturated rings. The highest BCUT2D eigenvalue weighted by molar-refractivity contribution is 5.32. The Hall–Kier alpha value is -1.46. The fraction of sp³-hybridized carbons (Fsp3) is 0.455. The lowest BCUT2D eigenvalue weighted by Gasteiger charge is -2.16. The summed E-state index contributed by atoms with van der Waals surface area (Å²) in [6.45, 7) is 2.83. The van der Waals surface area contributed by atoms with Crippen molar-refractivity contribution < 1.29 is 9.66 Å². The highest BCUT2D eigenvalue weighted by atomic mass is 16.6. The number of hydrogen-bond acceptors (Lipinski definition) is 4. The van der Waals surface area contributed by atoms with Crippen LogP contribution in [-0.2, 0) is 11.3 Å². The molecule has 0 saturated carbocycles. The molecule has 3 rings (SSSR count). The largest absolute Gasteiger partial charge is 0.367 e. The highest BCUT2D eigenvalue weighted by Gasteiger charge is 2.46. The molecule has 0 spiro atoms. The molecule has 1 aromatic rings. The number of hydrogen-bond donors (Lipinski definition) is 0. The Morgan fingerprint density at radius 2 is 1.94 bits per heavy atom. The number of epoxide rings is 1. The van der Waals surface area contributed by atoms with Crippen LogP contribution < -0.4 is 0 Å². The van der Waals surface area contributed by atoms with Crippen LogP contribution in [0.4, 0.5) is 5.69 Å². The van der Waals surface area contributed by atoms with Crippen molar-refractivity contribution in [2.45, 2.75) is 18.8 Å². The van der Waals surface area contributed by atoms with Crippen LogP contribution in [-0.4, -0.2) is 35.1 Å². The van der Waals surface area contributed by atoms with Crippen molar-refractivity contribution >= 4 is 5.69 Å². The average molecular weight is 220 g/mol. The summed E-state index contributed by atoms with van der Waals surface area (Å²) in [6, 6.07) is 6.76. The predicted octanol–water partition coefficient (Wildman–Crippen LogP) is 1.18. The van der Waals surface area contributed by atoms with E-state index < -0.39 is 0 Å². The number of fused-ring (bicyclic) bond motifs is 1. The van der Waals surface area contributed by atoms with Crippen molar-refractivity contribution in [3.8, 4) is 0 Å². The molecule has 0 N–H and O–H groups in total. The van der Waals surface area contributed by atoms with Crippen LogP contribution in [0.5, 0.6) is 0 Å². The second-order valence-corrected chi connectivity index (χ2v) is 4.33. The lowest BCUT2D eigenvalue weighted by Crippen LogP contribution is -2.23. The quantitative estimate of drug-likeness (QED) is 0.436. The van der Waals surface area contributed by atoms with E-state index in [2.05, 4.69) is 4.90 Å². The SMILES string of the molecule is O=[N+]([O-])c1ccc(CN2CC3OC3C2)cc1. The molecule has 2 saturated heterocycles. The fourth-order valence-electron chi connectivity index (χ4n) is 2.19. The van der Waals surface area contributed by atoms with Gasteiger partial charge in [0.15, 0.2) is 0 Å². The number of nitrogens with zero attached hydrogens (tertiary/aromatic N) is 2. The van der Waals surface area contributed by atoms with E-state index in [1.165, 1.54) is 0 Å². The predicted molar refractivity (Wildman–Crippen MR) is 57.0 cm³/mol. The van der Waals surface area contributed by atoms with E-state index in [9.17, 15) is 10.1 Å². The fourth-order valence-corrected chi connectivity index (χ4v) is 2.19. The standard InChI is InChI=1S/C11H12N2O3/c14-13(15)9-3-1-8(2-4-9)5-12-6-10-11(7-12)16-10/h1-4,10-11H,5-7H2. The van der Waals surface area contributed by atoms with Crippen molar-refractivity contribution in [2.24, 2.45) is 0 Å². The zero-order valence-corrected chi connectivity index (χ0v) is 8.70. The molecular formula is C11H12N2O3.